The molecule has 2 rings (SSSR count). The van der Waals surface area contributed by atoms with Gasteiger partial charge in [-0.25, -0.2) is 4.79 Å². The molecule has 132 valence electrons. The third-order valence-electron chi connectivity index (χ3n) is 4.80. The highest BCUT2D eigenvalue weighted by Gasteiger charge is 2.40. The van der Waals surface area contributed by atoms with Crippen LogP contribution in [-0.2, 0) is 4.74 Å². The zero-order valence-electron chi connectivity index (χ0n) is 14.7. The topological polar surface area (TPSA) is 41.6 Å². The molecule has 2 fully saturated rings. The molecule has 1 N–H and O–H groups in total. The van der Waals surface area contributed by atoms with Crippen molar-refractivity contribution in [1.82, 2.24) is 10.2 Å². The van der Waals surface area contributed by atoms with Crippen LogP contribution in [0.25, 0.3) is 0 Å². The maximum atomic E-state index is 12.5. The average molecular weight is 343 g/mol. The third kappa shape index (κ3) is 5.39. The van der Waals surface area contributed by atoms with Crippen LogP contribution in [0.15, 0.2) is 11.6 Å². The van der Waals surface area contributed by atoms with Gasteiger partial charge in [0.25, 0.3) is 0 Å². The van der Waals surface area contributed by atoms with Crippen LogP contribution in [0.1, 0.15) is 59.3 Å². The van der Waals surface area contributed by atoms with E-state index >= 15 is 0 Å². The lowest BCUT2D eigenvalue weighted by atomic mass is 9.79. The molecule has 3 unspecified atom stereocenters. The highest BCUT2D eigenvalue weighted by molar-refractivity contribution is 6.29. The Hall–Kier alpha value is -0.740. The Kier molecular flexibility index (Phi) is 6.38. The highest BCUT2D eigenvalue weighted by atomic mass is 35.5. The van der Waals surface area contributed by atoms with E-state index in [-0.39, 0.29) is 12.1 Å². The lowest BCUT2D eigenvalue weighted by molar-refractivity contribution is 0.0134. The molecule has 0 aromatic rings. The van der Waals surface area contributed by atoms with Crippen molar-refractivity contribution in [2.45, 2.75) is 77.0 Å². The van der Waals surface area contributed by atoms with E-state index in [4.69, 9.17) is 16.3 Å². The SMILES string of the molecule is C=C(Cl)CNC1CCCCC1C1CCCN1C(=O)OC(C)(C)C. The summed E-state index contributed by atoms with van der Waals surface area (Å²) in [6, 6.07) is 0.693. The van der Waals surface area contributed by atoms with Gasteiger partial charge >= 0.3 is 6.09 Å². The predicted octanol–water partition coefficient (Wildman–Crippen LogP) is 4.29. The first-order valence-electron chi connectivity index (χ1n) is 8.84. The fourth-order valence-corrected chi connectivity index (χ4v) is 3.98. The largest absolute Gasteiger partial charge is 0.444 e. The zero-order chi connectivity index (χ0) is 17.0. The molecule has 4 nitrogen and oxygen atoms in total. The van der Waals surface area contributed by atoms with E-state index in [9.17, 15) is 4.79 Å². The molecule has 2 aliphatic rings. The summed E-state index contributed by atoms with van der Waals surface area (Å²) in [4.78, 5) is 14.5. The van der Waals surface area contributed by atoms with E-state index < -0.39 is 5.60 Å². The summed E-state index contributed by atoms with van der Waals surface area (Å²) >= 11 is 5.91. The molecule has 1 saturated heterocycles. The number of hydrogen-bond donors (Lipinski definition) is 1. The second-order valence-corrected chi connectivity index (χ2v) is 8.37. The first kappa shape index (κ1) is 18.6. The molecule has 1 saturated carbocycles. The van der Waals surface area contributed by atoms with Crippen LogP contribution < -0.4 is 5.32 Å². The molecular weight excluding hydrogens is 312 g/mol. The number of rotatable bonds is 4. The molecule has 0 spiro atoms. The van der Waals surface area contributed by atoms with Crippen LogP contribution in [0.3, 0.4) is 0 Å². The summed E-state index contributed by atoms with van der Waals surface area (Å²) in [7, 11) is 0. The van der Waals surface area contributed by atoms with E-state index in [1.54, 1.807) is 0 Å². The highest BCUT2D eigenvalue weighted by Crippen LogP contribution is 2.35. The van der Waals surface area contributed by atoms with Gasteiger partial charge in [0.1, 0.15) is 5.60 Å². The summed E-state index contributed by atoms with van der Waals surface area (Å²) in [6.45, 7) is 11.0. The molecule has 23 heavy (non-hydrogen) atoms. The van der Waals surface area contributed by atoms with E-state index in [1.807, 2.05) is 25.7 Å². The molecule has 0 bridgehead atoms. The Bertz CT molecular complexity index is 433. The quantitative estimate of drug-likeness (QED) is 0.828. The summed E-state index contributed by atoms with van der Waals surface area (Å²) < 4.78 is 5.61. The number of nitrogens with one attached hydrogen (secondary N) is 1. The fraction of sp³-hybridized carbons (Fsp3) is 0.833. The number of halogens is 1. The summed E-state index contributed by atoms with van der Waals surface area (Å²) in [5.41, 5.74) is -0.440. The summed E-state index contributed by atoms with van der Waals surface area (Å²) in [5.74, 6) is 0.481. The van der Waals surface area contributed by atoms with Crippen molar-refractivity contribution in [2.75, 3.05) is 13.1 Å². The minimum absolute atomic E-state index is 0.161. The lowest BCUT2D eigenvalue weighted by Crippen LogP contribution is -2.50. The molecule has 0 aromatic heterocycles. The maximum Gasteiger partial charge on any atom is 0.410 e. The smallest absolute Gasteiger partial charge is 0.410 e. The average Bonchev–Trinajstić information content (AvgIpc) is 2.93. The standard InChI is InChI=1S/C18H31ClN2O2/c1-13(19)12-20-15-9-6-5-8-14(15)16-10-7-11-21(16)17(22)23-18(2,3)4/h14-16,20H,1,5-12H2,2-4H3. The Balaban J connectivity index is 2.03. The predicted molar refractivity (Wildman–Crippen MR) is 94.7 cm³/mol. The van der Waals surface area contributed by atoms with Gasteiger partial charge in [-0.15, -0.1) is 0 Å². The van der Waals surface area contributed by atoms with Gasteiger partial charge in [0, 0.05) is 30.2 Å². The minimum Gasteiger partial charge on any atom is -0.444 e. The molecule has 1 amide bonds. The van der Waals surface area contributed by atoms with Crippen LogP contribution in [0, 0.1) is 5.92 Å². The van der Waals surface area contributed by atoms with Crippen LogP contribution in [0.4, 0.5) is 4.79 Å². The summed E-state index contributed by atoms with van der Waals surface area (Å²) in [6.07, 6.45) is 6.76. The van der Waals surface area contributed by atoms with Crippen LogP contribution >= 0.6 is 11.6 Å². The number of hydrogen-bond acceptors (Lipinski definition) is 3. The Morgan fingerprint density at radius 1 is 1.26 bits per heavy atom. The van der Waals surface area contributed by atoms with Gasteiger partial charge in [-0.1, -0.05) is 31.0 Å². The van der Waals surface area contributed by atoms with Gasteiger partial charge in [0.15, 0.2) is 0 Å². The lowest BCUT2D eigenvalue weighted by Gasteiger charge is -2.40. The van der Waals surface area contributed by atoms with Crippen molar-refractivity contribution < 1.29 is 9.53 Å². The van der Waals surface area contributed by atoms with E-state index in [0.717, 1.165) is 32.2 Å². The number of carbonyl (C=O) groups is 1. The van der Waals surface area contributed by atoms with Gasteiger partial charge in [-0.3, -0.25) is 0 Å². The van der Waals surface area contributed by atoms with Gasteiger partial charge in [0.05, 0.1) is 0 Å². The summed E-state index contributed by atoms with van der Waals surface area (Å²) in [5, 5.41) is 4.19. The number of amides is 1. The molecule has 3 atom stereocenters. The zero-order valence-corrected chi connectivity index (χ0v) is 15.5. The Morgan fingerprint density at radius 3 is 2.61 bits per heavy atom. The Morgan fingerprint density at radius 2 is 1.96 bits per heavy atom. The van der Waals surface area contributed by atoms with Crippen molar-refractivity contribution >= 4 is 17.7 Å². The van der Waals surface area contributed by atoms with Crippen molar-refractivity contribution in [1.29, 1.82) is 0 Å². The maximum absolute atomic E-state index is 12.5. The van der Waals surface area contributed by atoms with Crippen LogP contribution in [0.5, 0.6) is 0 Å². The minimum atomic E-state index is -0.440. The molecule has 1 aliphatic carbocycles. The van der Waals surface area contributed by atoms with E-state index in [0.29, 0.717) is 23.5 Å². The van der Waals surface area contributed by atoms with Gasteiger partial charge in [0.2, 0.25) is 0 Å². The second-order valence-electron chi connectivity index (χ2n) is 7.84. The van der Waals surface area contributed by atoms with Crippen LogP contribution in [-0.4, -0.2) is 41.8 Å². The van der Waals surface area contributed by atoms with E-state index in [1.165, 1.54) is 12.8 Å². The molecule has 5 heteroatoms. The molecule has 1 heterocycles. The van der Waals surface area contributed by atoms with E-state index in [2.05, 4.69) is 11.9 Å². The molecule has 0 aromatic carbocycles. The first-order valence-corrected chi connectivity index (χ1v) is 9.22. The van der Waals surface area contributed by atoms with Crippen molar-refractivity contribution in [3.8, 4) is 0 Å². The van der Waals surface area contributed by atoms with Gasteiger partial charge in [-0.2, -0.15) is 0 Å². The number of carbonyl (C=O) groups excluding carboxylic acids is 1. The molecule has 0 radical (unpaired) electrons. The van der Waals surface area contributed by atoms with Gasteiger partial charge in [-0.05, 0) is 52.4 Å². The monoisotopic (exact) mass is 342 g/mol. The number of ether oxygens (including phenoxy) is 1. The fourth-order valence-electron chi connectivity index (χ4n) is 3.90. The normalized spacial score (nSPS) is 28.7. The number of nitrogens with zero attached hydrogens (tertiary/aromatic N) is 1. The van der Waals surface area contributed by atoms with Crippen molar-refractivity contribution in [3.63, 3.8) is 0 Å². The molecular formula is C18H31ClN2O2. The number of likely N-dealkylation sites (tertiary alicyclic amines) is 1. The third-order valence-corrected chi connectivity index (χ3v) is 4.93. The first-order chi connectivity index (χ1) is 10.8. The van der Waals surface area contributed by atoms with Crippen molar-refractivity contribution in [3.05, 3.63) is 11.6 Å². The van der Waals surface area contributed by atoms with Crippen molar-refractivity contribution in [2.24, 2.45) is 5.92 Å². The second kappa shape index (κ2) is 7.89. The van der Waals surface area contributed by atoms with Crippen LogP contribution in [0.2, 0.25) is 0 Å². The molecule has 1 aliphatic heterocycles. The Labute approximate surface area is 145 Å². The van der Waals surface area contributed by atoms with Gasteiger partial charge < -0.3 is 15.0 Å².